The molecule has 0 spiro atoms. The Labute approximate surface area is 121 Å². The molecule has 1 aromatic carbocycles. The minimum atomic E-state index is 0.111. The molecule has 6 heteroatoms. The molecule has 0 aliphatic heterocycles. The maximum atomic E-state index is 9.80. The van der Waals surface area contributed by atoms with Crippen LogP contribution in [0.25, 0.3) is 5.65 Å². The van der Waals surface area contributed by atoms with Crippen LogP contribution in [0.2, 0.25) is 0 Å². The predicted octanol–water partition coefficient (Wildman–Crippen LogP) is 3.77. The Bertz CT molecular complexity index is 824. The van der Waals surface area contributed by atoms with Gasteiger partial charge in [0.25, 0.3) is 0 Å². The van der Waals surface area contributed by atoms with E-state index >= 15 is 0 Å². The highest BCUT2D eigenvalue weighted by Gasteiger charge is 2.11. The van der Waals surface area contributed by atoms with E-state index < -0.39 is 0 Å². The molecule has 0 saturated heterocycles. The van der Waals surface area contributed by atoms with Crippen molar-refractivity contribution in [1.29, 1.82) is 0 Å². The summed E-state index contributed by atoms with van der Waals surface area (Å²) in [6, 6.07) is 10.7. The first kappa shape index (κ1) is 13.1. The zero-order valence-electron chi connectivity index (χ0n) is 11.7. The van der Waals surface area contributed by atoms with Crippen molar-refractivity contribution >= 4 is 17.2 Å². The van der Waals surface area contributed by atoms with Crippen LogP contribution in [0.5, 0.6) is 11.5 Å². The molecule has 0 aliphatic rings. The number of aromatic nitrogens is 2. The zero-order valence-corrected chi connectivity index (χ0v) is 11.7. The molecular formula is C15H14N4O2. The van der Waals surface area contributed by atoms with Crippen molar-refractivity contribution < 1.29 is 9.84 Å². The number of para-hydroxylation sites is 1. The number of hydrogen-bond donors (Lipinski definition) is 1. The van der Waals surface area contributed by atoms with Crippen molar-refractivity contribution in [2.24, 2.45) is 10.2 Å². The summed E-state index contributed by atoms with van der Waals surface area (Å²) in [4.78, 5) is 4.30. The number of rotatable bonds is 3. The van der Waals surface area contributed by atoms with Crippen LogP contribution in [-0.4, -0.2) is 21.6 Å². The highest BCUT2D eigenvalue weighted by molar-refractivity contribution is 5.60. The molecule has 0 atom stereocenters. The Hall–Kier alpha value is -2.89. The number of ether oxygens (including phenoxy) is 1. The molecule has 3 rings (SSSR count). The highest BCUT2D eigenvalue weighted by atomic mass is 16.5. The average molecular weight is 282 g/mol. The zero-order chi connectivity index (χ0) is 14.8. The molecule has 2 aromatic heterocycles. The van der Waals surface area contributed by atoms with Gasteiger partial charge in [0.05, 0.1) is 12.8 Å². The van der Waals surface area contributed by atoms with Gasteiger partial charge in [-0.05, 0) is 31.2 Å². The summed E-state index contributed by atoms with van der Waals surface area (Å²) < 4.78 is 6.93. The predicted molar refractivity (Wildman–Crippen MR) is 78.8 cm³/mol. The van der Waals surface area contributed by atoms with Gasteiger partial charge >= 0.3 is 0 Å². The summed E-state index contributed by atoms with van der Waals surface area (Å²) in [6.45, 7) is 1.82. The molecule has 1 N–H and O–H groups in total. The van der Waals surface area contributed by atoms with E-state index in [1.165, 1.54) is 0 Å². The van der Waals surface area contributed by atoms with Gasteiger partial charge in [-0.15, -0.1) is 10.2 Å². The van der Waals surface area contributed by atoms with Crippen LogP contribution in [-0.2, 0) is 0 Å². The molecule has 0 fully saturated rings. The third kappa shape index (κ3) is 2.31. The van der Waals surface area contributed by atoms with Crippen molar-refractivity contribution in [2.45, 2.75) is 6.92 Å². The number of aromatic hydroxyl groups is 1. The second-order valence-corrected chi connectivity index (χ2v) is 4.48. The smallest absolute Gasteiger partial charge is 0.182 e. The van der Waals surface area contributed by atoms with Crippen LogP contribution >= 0.6 is 0 Å². The lowest BCUT2D eigenvalue weighted by molar-refractivity contribution is 0.416. The first-order valence-electron chi connectivity index (χ1n) is 6.42. The number of hydrogen-bond acceptors (Lipinski definition) is 5. The van der Waals surface area contributed by atoms with Crippen LogP contribution in [0, 0.1) is 6.92 Å². The quantitative estimate of drug-likeness (QED) is 0.743. The van der Waals surface area contributed by atoms with Crippen molar-refractivity contribution in [3.63, 3.8) is 0 Å². The van der Waals surface area contributed by atoms with E-state index in [9.17, 15) is 5.11 Å². The van der Waals surface area contributed by atoms with Gasteiger partial charge in [0.15, 0.2) is 17.2 Å². The number of imidazole rings is 1. The van der Waals surface area contributed by atoms with Gasteiger partial charge in [0.1, 0.15) is 11.4 Å². The van der Waals surface area contributed by atoms with Gasteiger partial charge < -0.3 is 9.84 Å². The Balaban J connectivity index is 2.08. The Morgan fingerprint density at radius 2 is 1.95 bits per heavy atom. The van der Waals surface area contributed by atoms with Crippen LogP contribution < -0.4 is 4.74 Å². The third-order valence-electron chi connectivity index (χ3n) is 3.11. The number of pyridine rings is 1. The maximum absolute atomic E-state index is 9.80. The van der Waals surface area contributed by atoms with Crippen molar-refractivity contribution in [3.05, 3.63) is 48.3 Å². The third-order valence-corrected chi connectivity index (χ3v) is 3.11. The van der Waals surface area contributed by atoms with Crippen molar-refractivity contribution in [3.8, 4) is 11.5 Å². The summed E-state index contributed by atoms with van der Waals surface area (Å²) in [5, 5.41) is 18.3. The lowest BCUT2D eigenvalue weighted by Gasteiger charge is -2.02. The second kappa shape index (κ2) is 5.24. The van der Waals surface area contributed by atoms with E-state index in [2.05, 4.69) is 15.2 Å². The minimum absolute atomic E-state index is 0.111. The Kier molecular flexibility index (Phi) is 3.27. The lowest BCUT2D eigenvalue weighted by Crippen LogP contribution is -1.83. The van der Waals surface area contributed by atoms with E-state index in [-0.39, 0.29) is 5.75 Å². The second-order valence-electron chi connectivity index (χ2n) is 4.48. The highest BCUT2D eigenvalue weighted by Crippen LogP contribution is 2.30. The number of azo groups is 1. The number of aryl methyl sites for hydroxylation is 1. The van der Waals surface area contributed by atoms with Gasteiger partial charge in [-0.1, -0.05) is 12.1 Å². The Morgan fingerprint density at radius 3 is 2.76 bits per heavy atom. The number of fused-ring (bicyclic) bond motifs is 1. The van der Waals surface area contributed by atoms with E-state index in [0.717, 1.165) is 0 Å². The molecule has 2 heterocycles. The topological polar surface area (TPSA) is 71.5 Å². The fourth-order valence-corrected chi connectivity index (χ4v) is 2.09. The van der Waals surface area contributed by atoms with E-state index in [0.29, 0.717) is 28.6 Å². The van der Waals surface area contributed by atoms with Crippen LogP contribution in [0.1, 0.15) is 5.69 Å². The monoisotopic (exact) mass is 282 g/mol. The number of methoxy groups -OCH3 is 1. The summed E-state index contributed by atoms with van der Waals surface area (Å²) in [6.07, 6.45) is 1.78. The molecule has 0 aliphatic carbocycles. The van der Waals surface area contributed by atoms with Crippen molar-refractivity contribution in [2.75, 3.05) is 7.11 Å². The first-order chi connectivity index (χ1) is 10.2. The minimum Gasteiger partial charge on any atom is -0.504 e. The van der Waals surface area contributed by atoms with Gasteiger partial charge in [0, 0.05) is 6.20 Å². The van der Waals surface area contributed by atoms with Crippen LogP contribution in [0.15, 0.2) is 52.8 Å². The van der Waals surface area contributed by atoms with Gasteiger partial charge in [-0.3, -0.25) is 4.40 Å². The summed E-state index contributed by atoms with van der Waals surface area (Å²) in [5.74, 6) is 1.33. The first-order valence-corrected chi connectivity index (χ1v) is 6.42. The molecule has 0 amide bonds. The van der Waals surface area contributed by atoms with Gasteiger partial charge in [-0.25, -0.2) is 4.98 Å². The molecule has 0 bridgehead atoms. The molecule has 6 nitrogen and oxygen atoms in total. The molecular weight excluding hydrogens is 268 g/mol. The molecule has 0 unspecified atom stereocenters. The lowest BCUT2D eigenvalue weighted by atomic mass is 10.3. The Morgan fingerprint density at radius 1 is 1.14 bits per heavy atom. The van der Waals surface area contributed by atoms with Gasteiger partial charge in [0.2, 0.25) is 0 Å². The van der Waals surface area contributed by atoms with Crippen molar-refractivity contribution in [1.82, 2.24) is 9.38 Å². The molecule has 21 heavy (non-hydrogen) atoms. The van der Waals surface area contributed by atoms with E-state index in [4.69, 9.17) is 4.74 Å². The summed E-state index contributed by atoms with van der Waals surface area (Å²) in [5.41, 5.74) is 1.79. The summed E-state index contributed by atoms with van der Waals surface area (Å²) in [7, 11) is 1.59. The standard InChI is InChI=1S/C15H14N4O2/c1-10-14(19-9-5-7-12(20)15(19)16-10)18-17-11-6-3-4-8-13(11)21-2/h3-9,20H,1-2H3. The fraction of sp³-hybridized carbons (Fsp3) is 0.133. The molecule has 0 radical (unpaired) electrons. The van der Waals surface area contributed by atoms with Gasteiger partial charge in [-0.2, -0.15) is 0 Å². The molecule has 0 saturated carbocycles. The van der Waals surface area contributed by atoms with E-state index in [1.807, 2.05) is 31.2 Å². The molecule has 3 aromatic rings. The van der Waals surface area contributed by atoms with Crippen LogP contribution in [0.3, 0.4) is 0 Å². The summed E-state index contributed by atoms with van der Waals surface area (Å²) >= 11 is 0. The SMILES string of the molecule is COc1ccccc1N=Nc1c(C)nc2c(O)cccn12. The fourth-order valence-electron chi connectivity index (χ4n) is 2.09. The number of nitrogens with zero attached hydrogens (tertiary/aromatic N) is 4. The largest absolute Gasteiger partial charge is 0.504 e. The average Bonchev–Trinajstić information content (AvgIpc) is 2.83. The van der Waals surface area contributed by atoms with Crippen LogP contribution in [0.4, 0.5) is 11.5 Å². The van der Waals surface area contributed by atoms with E-state index in [1.54, 1.807) is 29.8 Å². The maximum Gasteiger partial charge on any atom is 0.182 e. The molecule has 106 valence electrons. The number of benzene rings is 1. The normalized spacial score (nSPS) is 11.3.